The van der Waals surface area contributed by atoms with Crippen molar-refractivity contribution in [2.24, 2.45) is 0 Å². The predicted octanol–water partition coefficient (Wildman–Crippen LogP) is -3.01. The zero-order valence-corrected chi connectivity index (χ0v) is 10.8. The van der Waals surface area contributed by atoms with Gasteiger partial charge < -0.3 is 17.4 Å². The van der Waals surface area contributed by atoms with E-state index >= 15 is 0 Å². The topological polar surface area (TPSA) is 57.7 Å². The minimum Gasteiger partial charge on any atom is -1.00 e. The van der Waals surface area contributed by atoms with Gasteiger partial charge in [0.25, 0.3) is 5.82 Å². The number of rotatable bonds is 1. The molecule has 7 heteroatoms. The summed E-state index contributed by atoms with van der Waals surface area (Å²) in [4.78, 5) is 18.7. The quantitative estimate of drug-likeness (QED) is 0.559. The van der Waals surface area contributed by atoms with Crippen LogP contribution in [-0.4, -0.2) is 64.1 Å². The number of aromatic amines is 1. The maximum Gasteiger partial charge on any atom is 0.257 e. The van der Waals surface area contributed by atoms with Crippen LogP contribution in [0, 0.1) is 0 Å². The summed E-state index contributed by atoms with van der Waals surface area (Å²) in [7, 11) is 0. The van der Waals surface area contributed by atoms with Crippen molar-refractivity contribution in [2.45, 2.75) is 0 Å². The van der Waals surface area contributed by atoms with E-state index in [1.807, 2.05) is 0 Å². The molecule has 3 aliphatic heterocycles. The van der Waals surface area contributed by atoms with E-state index in [0.717, 1.165) is 41.1 Å². The van der Waals surface area contributed by atoms with Crippen LogP contribution in [0.2, 0.25) is 0 Å². The Hall–Kier alpha value is -1.24. The molecular weight excluding hydrogens is 252 g/mol. The van der Waals surface area contributed by atoms with Gasteiger partial charge in [-0.1, -0.05) is 0 Å². The van der Waals surface area contributed by atoms with Gasteiger partial charge in [-0.2, -0.15) is 4.98 Å². The molecule has 0 aromatic carbocycles. The van der Waals surface area contributed by atoms with Gasteiger partial charge in [-0.25, -0.2) is 9.97 Å². The van der Waals surface area contributed by atoms with E-state index in [2.05, 4.69) is 24.8 Å². The summed E-state index contributed by atoms with van der Waals surface area (Å²) in [5.41, 5.74) is 1.80. The molecule has 0 radical (unpaired) electrons. The lowest BCUT2D eigenvalue weighted by Gasteiger charge is -2.49. The normalized spacial score (nSPS) is 30.3. The molecule has 2 aromatic rings. The maximum absolute atomic E-state index is 4.54. The zero-order valence-electron chi connectivity index (χ0n) is 10.0. The largest absolute Gasteiger partial charge is 1.00 e. The van der Waals surface area contributed by atoms with Gasteiger partial charge in [-0.05, 0) is 0 Å². The van der Waals surface area contributed by atoms with Crippen molar-refractivity contribution >= 4 is 17.0 Å². The molecule has 0 unspecified atom stereocenters. The molecule has 3 saturated heterocycles. The predicted molar refractivity (Wildman–Crippen MR) is 64.5 cm³/mol. The minimum atomic E-state index is 0. The molecular formula is C11H15ClN6. The summed E-state index contributed by atoms with van der Waals surface area (Å²) in [5, 5.41) is 0. The van der Waals surface area contributed by atoms with Crippen LogP contribution in [0.3, 0.4) is 0 Å². The molecule has 0 aliphatic carbocycles. The molecule has 0 saturated carbocycles. The summed E-state index contributed by atoms with van der Waals surface area (Å²) in [5.74, 6) is 1.13. The van der Waals surface area contributed by atoms with Gasteiger partial charge >= 0.3 is 0 Å². The summed E-state index contributed by atoms with van der Waals surface area (Å²) in [6, 6.07) is 0. The smallest absolute Gasteiger partial charge is 0.257 e. The Kier molecular flexibility index (Phi) is 2.73. The van der Waals surface area contributed by atoms with Gasteiger partial charge in [0.15, 0.2) is 11.2 Å². The summed E-state index contributed by atoms with van der Waals surface area (Å²) < 4.78 is 0.998. The van der Waals surface area contributed by atoms with Crippen LogP contribution in [-0.2, 0) is 0 Å². The number of quaternary nitrogens is 1. The molecule has 6 nitrogen and oxygen atoms in total. The van der Waals surface area contributed by atoms with Crippen molar-refractivity contribution in [3.8, 4) is 0 Å². The molecule has 3 aliphatic rings. The SMILES string of the molecule is [Cl-].c1nc([N+]23CCN(CC2)CC3)c2[nH]cnc2n1. The Morgan fingerprint density at radius 2 is 1.78 bits per heavy atom. The fraction of sp³-hybridized carbons (Fsp3) is 0.545. The molecule has 18 heavy (non-hydrogen) atoms. The fourth-order valence-corrected chi connectivity index (χ4v) is 3.10. The standard InChI is InChI=1S/C11H15N6.ClH/c1-4-17(5-2-16(1)3-6-17)11-9-10(13-7-12-9)14-8-15-11;/h7-8H,1-6H2,(H,12,13,14,15);1H/q+1;/p-1. The van der Waals surface area contributed by atoms with Crippen molar-refractivity contribution in [3.63, 3.8) is 0 Å². The van der Waals surface area contributed by atoms with Crippen LogP contribution < -0.4 is 16.9 Å². The Balaban J connectivity index is 0.000001000. The van der Waals surface area contributed by atoms with Gasteiger partial charge in [-0.15, -0.1) is 0 Å². The van der Waals surface area contributed by atoms with Crippen LogP contribution in [0.1, 0.15) is 0 Å². The number of fused-ring (bicyclic) bond motifs is 4. The van der Waals surface area contributed by atoms with Crippen molar-refractivity contribution < 1.29 is 12.4 Å². The number of hydrogen-bond acceptors (Lipinski definition) is 4. The molecule has 1 N–H and O–H groups in total. The third-order valence-electron chi connectivity index (χ3n) is 4.19. The van der Waals surface area contributed by atoms with Gasteiger partial charge in [0.05, 0.1) is 26.0 Å². The Morgan fingerprint density at radius 3 is 2.50 bits per heavy atom. The number of aromatic nitrogens is 4. The summed E-state index contributed by atoms with van der Waals surface area (Å²) in [6.45, 7) is 7.01. The number of nitrogens with one attached hydrogen (secondary N) is 1. The van der Waals surface area contributed by atoms with Gasteiger partial charge in [0.1, 0.15) is 6.33 Å². The highest BCUT2D eigenvalue weighted by Crippen LogP contribution is 2.30. The highest BCUT2D eigenvalue weighted by atomic mass is 35.5. The van der Waals surface area contributed by atoms with E-state index in [9.17, 15) is 0 Å². The Labute approximate surface area is 111 Å². The maximum atomic E-state index is 4.54. The second-order valence-corrected chi connectivity index (χ2v) is 4.96. The number of piperazine rings is 3. The second kappa shape index (κ2) is 4.15. The highest BCUT2D eigenvalue weighted by molar-refractivity contribution is 5.81. The number of imidazole rings is 1. The second-order valence-electron chi connectivity index (χ2n) is 4.96. The zero-order chi connectivity index (χ0) is 11.3. The lowest BCUT2D eigenvalue weighted by molar-refractivity contribution is -0.00000376. The highest BCUT2D eigenvalue weighted by Gasteiger charge is 2.42. The van der Waals surface area contributed by atoms with Crippen LogP contribution in [0.5, 0.6) is 0 Å². The molecule has 0 amide bonds. The molecule has 0 atom stereocenters. The first-order chi connectivity index (χ1) is 8.37. The molecule has 5 heterocycles. The fourth-order valence-electron chi connectivity index (χ4n) is 3.10. The van der Waals surface area contributed by atoms with E-state index in [4.69, 9.17) is 0 Å². The Morgan fingerprint density at radius 1 is 1.06 bits per heavy atom. The number of nitrogens with zero attached hydrogens (tertiary/aromatic N) is 5. The lowest BCUT2D eigenvalue weighted by atomic mass is 10.1. The first-order valence-electron chi connectivity index (χ1n) is 6.11. The number of H-pyrrole nitrogens is 1. The van der Waals surface area contributed by atoms with Gasteiger partial charge in [-0.3, -0.25) is 9.38 Å². The first-order valence-corrected chi connectivity index (χ1v) is 6.11. The summed E-state index contributed by atoms with van der Waals surface area (Å²) >= 11 is 0. The van der Waals surface area contributed by atoms with Crippen LogP contribution in [0.4, 0.5) is 5.82 Å². The van der Waals surface area contributed by atoms with Crippen LogP contribution in [0.25, 0.3) is 11.2 Å². The van der Waals surface area contributed by atoms with Crippen LogP contribution in [0.15, 0.2) is 12.7 Å². The van der Waals surface area contributed by atoms with Crippen molar-refractivity contribution in [1.82, 2.24) is 29.3 Å². The van der Waals surface area contributed by atoms with Crippen molar-refractivity contribution in [2.75, 3.05) is 39.3 Å². The lowest BCUT2D eigenvalue weighted by Crippen LogP contribution is -3.00. The monoisotopic (exact) mass is 266 g/mol. The first kappa shape index (κ1) is 11.8. The minimum absolute atomic E-state index is 0. The molecule has 0 spiro atoms. The van der Waals surface area contributed by atoms with E-state index in [1.54, 1.807) is 12.7 Å². The Bertz CT molecular complexity index is 546. The van der Waals surface area contributed by atoms with Crippen molar-refractivity contribution in [1.29, 1.82) is 0 Å². The third kappa shape index (κ3) is 1.53. The molecule has 96 valence electrons. The molecule has 2 aromatic heterocycles. The number of hydrogen-bond donors (Lipinski definition) is 1. The van der Waals surface area contributed by atoms with Gasteiger partial charge in [0.2, 0.25) is 0 Å². The molecule has 2 bridgehead atoms. The van der Waals surface area contributed by atoms with Crippen LogP contribution >= 0.6 is 0 Å². The van der Waals surface area contributed by atoms with E-state index in [0.29, 0.717) is 0 Å². The summed E-state index contributed by atoms with van der Waals surface area (Å²) in [6.07, 6.45) is 3.36. The van der Waals surface area contributed by atoms with E-state index < -0.39 is 0 Å². The molecule has 3 fully saturated rings. The third-order valence-corrected chi connectivity index (χ3v) is 4.19. The number of halogens is 1. The average molecular weight is 267 g/mol. The average Bonchev–Trinajstić information content (AvgIpc) is 2.89. The molecule has 5 rings (SSSR count). The van der Waals surface area contributed by atoms with E-state index in [-0.39, 0.29) is 12.4 Å². The van der Waals surface area contributed by atoms with E-state index in [1.165, 1.54) is 19.6 Å². The van der Waals surface area contributed by atoms with Crippen molar-refractivity contribution in [3.05, 3.63) is 12.7 Å². The van der Waals surface area contributed by atoms with Gasteiger partial charge in [0, 0.05) is 19.6 Å².